The highest BCUT2D eigenvalue weighted by Gasteiger charge is 2.02. The van der Waals surface area contributed by atoms with E-state index < -0.39 is 5.24 Å². The number of carbonyl (C=O) groups is 1. The summed E-state index contributed by atoms with van der Waals surface area (Å²) in [5, 5.41) is 0.152. The molecule has 0 aliphatic heterocycles. The number of hydrogen-bond donors (Lipinski definition) is 0. The molecular formula is C10H11ClOS. The van der Waals surface area contributed by atoms with E-state index in [0.717, 1.165) is 4.90 Å². The molecule has 0 spiro atoms. The maximum Gasteiger partial charge on any atom is 0.252 e. The molecule has 3 heteroatoms. The van der Waals surface area contributed by atoms with Crippen LogP contribution in [0.2, 0.25) is 0 Å². The van der Waals surface area contributed by atoms with Crippen LogP contribution in [-0.4, -0.2) is 10.5 Å². The third kappa shape index (κ3) is 3.41. The predicted octanol–water partition coefficient (Wildman–Crippen LogP) is 3.57. The molecule has 1 aromatic rings. The molecule has 13 heavy (non-hydrogen) atoms. The second kappa shape index (κ2) is 4.68. The molecule has 0 aliphatic rings. The molecule has 1 nitrogen and oxygen atoms in total. The van der Waals surface area contributed by atoms with Gasteiger partial charge in [-0.1, -0.05) is 13.8 Å². The lowest BCUT2D eigenvalue weighted by molar-refractivity contribution is 0.108. The zero-order chi connectivity index (χ0) is 9.84. The molecule has 0 amide bonds. The fraction of sp³-hybridized carbons (Fsp3) is 0.300. The second-order valence-corrected chi connectivity index (χ2v) is 4.96. The second-order valence-electron chi connectivity index (χ2n) is 2.96. The average Bonchev–Trinajstić information content (AvgIpc) is 2.04. The van der Waals surface area contributed by atoms with E-state index in [2.05, 4.69) is 13.8 Å². The molecular weight excluding hydrogens is 204 g/mol. The Morgan fingerprint density at radius 2 is 1.85 bits per heavy atom. The normalized spacial score (nSPS) is 10.5. The molecule has 0 atom stereocenters. The lowest BCUT2D eigenvalue weighted by Gasteiger charge is -2.04. The van der Waals surface area contributed by atoms with Crippen molar-refractivity contribution < 1.29 is 4.79 Å². The first-order valence-electron chi connectivity index (χ1n) is 4.06. The van der Waals surface area contributed by atoms with E-state index >= 15 is 0 Å². The topological polar surface area (TPSA) is 17.1 Å². The summed E-state index contributed by atoms with van der Waals surface area (Å²) in [4.78, 5) is 11.9. The number of rotatable bonds is 3. The summed E-state index contributed by atoms with van der Waals surface area (Å²) < 4.78 is 0. The van der Waals surface area contributed by atoms with E-state index in [1.54, 1.807) is 23.9 Å². The van der Waals surface area contributed by atoms with Crippen LogP contribution in [0.5, 0.6) is 0 Å². The van der Waals surface area contributed by atoms with Crippen molar-refractivity contribution >= 4 is 28.6 Å². The number of benzene rings is 1. The van der Waals surface area contributed by atoms with Crippen LogP contribution in [0.1, 0.15) is 24.2 Å². The van der Waals surface area contributed by atoms with Gasteiger partial charge < -0.3 is 0 Å². The van der Waals surface area contributed by atoms with E-state index in [1.807, 2.05) is 12.1 Å². The highest BCUT2D eigenvalue weighted by Crippen LogP contribution is 2.23. The van der Waals surface area contributed by atoms with Crippen molar-refractivity contribution in [3.63, 3.8) is 0 Å². The Labute approximate surface area is 87.5 Å². The predicted molar refractivity (Wildman–Crippen MR) is 57.6 cm³/mol. The maximum absolute atomic E-state index is 10.7. The van der Waals surface area contributed by atoms with Crippen LogP contribution in [0.25, 0.3) is 0 Å². The van der Waals surface area contributed by atoms with Gasteiger partial charge in [-0.05, 0) is 35.9 Å². The molecule has 0 fully saturated rings. The highest BCUT2D eigenvalue weighted by atomic mass is 35.5. The van der Waals surface area contributed by atoms with Crippen LogP contribution in [0.4, 0.5) is 0 Å². The third-order valence-corrected chi connectivity index (χ3v) is 2.69. The van der Waals surface area contributed by atoms with E-state index in [-0.39, 0.29) is 0 Å². The van der Waals surface area contributed by atoms with Gasteiger partial charge in [-0.3, -0.25) is 4.79 Å². The molecule has 0 radical (unpaired) electrons. The quantitative estimate of drug-likeness (QED) is 0.565. The number of halogens is 1. The van der Waals surface area contributed by atoms with Crippen molar-refractivity contribution in [3.05, 3.63) is 29.8 Å². The van der Waals surface area contributed by atoms with Crippen LogP contribution in [0, 0.1) is 0 Å². The zero-order valence-corrected chi connectivity index (χ0v) is 9.15. The first-order valence-corrected chi connectivity index (χ1v) is 5.32. The maximum atomic E-state index is 10.7. The lowest BCUT2D eigenvalue weighted by atomic mass is 10.2. The van der Waals surface area contributed by atoms with Crippen molar-refractivity contribution in [1.82, 2.24) is 0 Å². The summed E-state index contributed by atoms with van der Waals surface area (Å²) in [6, 6.07) is 7.33. The van der Waals surface area contributed by atoms with Crippen molar-refractivity contribution in [2.45, 2.75) is 24.0 Å². The van der Waals surface area contributed by atoms with Gasteiger partial charge >= 0.3 is 0 Å². The van der Waals surface area contributed by atoms with E-state index in [9.17, 15) is 4.79 Å². The standard InChI is InChI=1S/C10H11ClOS/c1-7(2)13-9-5-3-8(4-6-9)10(11)12/h3-7H,1-2H3. The van der Waals surface area contributed by atoms with Gasteiger partial charge in [0, 0.05) is 15.7 Å². The van der Waals surface area contributed by atoms with Gasteiger partial charge in [0.15, 0.2) is 0 Å². The zero-order valence-electron chi connectivity index (χ0n) is 7.58. The minimum absolute atomic E-state index is 0.402. The van der Waals surface area contributed by atoms with Gasteiger partial charge in [0.25, 0.3) is 5.24 Å². The smallest absolute Gasteiger partial charge is 0.252 e. The summed E-state index contributed by atoms with van der Waals surface area (Å²) in [6.45, 7) is 4.26. The summed E-state index contributed by atoms with van der Waals surface area (Å²) in [5.74, 6) is 0. The van der Waals surface area contributed by atoms with Gasteiger partial charge in [-0.2, -0.15) is 0 Å². The van der Waals surface area contributed by atoms with Crippen LogP contribution in [0.3, 0.4) is 0 Å². The number of hydrogen-bond acceptors (Lipinski definition) is 2. The largest absolute Gasteiger partial charge is 0.276 e. The van der Waals surface area contributed by atoms with E-state index in [1.165, 1.54) is 0 Å². The van der Waals surface area contributed by atoms with E-state index in [4.69, 9.17) is 11.6 Å². The molecule has 0 aliphatic carbocycles. The monoisotopic (exact) mass is 214 g/mol. The lowest BCUT2D eigenvalue weighted by Crippen LogP contribution is -1.89. The molecule has 1 rings (SSSR count). The molecule has 0 unspecified atom stereocenters. The Morgan fingerprint density at radius 1 is 1.31 bits per heavy atom. The van der Waals surface area contributed by atoms with E-state index in [0.29, 0.717) is 10.8 Å². The summed E-state index contributed by atoms with van der Waals surface area (Å²) in [7, 11) is 0. The van der Waals surface area contributed by atoms with Crippen molar-refractivity contribution in [2.24, 2.45) is 0 Å². The number of thioether (sulfide) groups is 1. The van der Waals surface area contributed by atoms with Gasteiger partial charge in [0.1, 0.15) is 0 Å². The van der Waals surface area contributed by atoms with Crippen LogP contribution < -0.4 is 0 Å². The van der Waals surface area contributed by atoms with Crippen molar-refractivity contribution in [1.29, 1.82) is 0 Å². The first kappa shape index (κ1) is 10.6. The summed E-state index contributed by atoms with van der Waals surface area (Å²) >= 11 is 7.08. The molecule has 0 saturated heterocycles. The van der Waals surface area contributed by atoms with Crippen LogP contribution in [-0.2, 0) is 0 Å². The van der Waals surface area contributed by atoms with Crippen molar-refractivity contribution in [3.8, 4) is 0 Å². The summed E-state index contributed by atoms with van der Waals surface area (Å²) in [5.41, 5.74) is 0.551. The third-order valence-electron chi connectivity index (χ3n) is 1.45. The summed E-state index contributed by atoms with van der Waals surface area (Å²) in [6.07, 6.45) is 0. The van der Waals surface area contributed by atoms with Gasteiger partial charge in [-0.15, -0.1) is 11.8 Å². The Balaban J connectivity index is 2.75. The molecule has 0 heterocycles. The Hall–Kier alpha value is -0.470. The molecule has 0 saturated carbocycles. The molecule has 0 N–H and O–H groups in total. The van der Waals surface area contributed by atoms with Crippen LogP contribution >= 0.6 is 23.4 Å². The fourth-order valence-electron chi connectivity index (χ4n) is 0.937. The number of carbonyl (C=O) groups excluding carboxylic acids is 1. The molecule has 1 aromatic carbocycles. The molecule has 0 bridgehead atoms. The average molecular weight is 215 g/mol. The minimum atomic E-state index is -0.402. The highest BCUT2D eigenvalue weighted by molar-refractivity contribution is 7.99. The minimum Gasteiger partial charge on any atom is -0.276 e. The molecule has 0 aromatic heterocycles. The van der Waals surface area contributed by atoms with Gasteiger partial charge in [0.2, 0.25) is 0 Å². The Kier molecular flexibility index (Phi) is 3.82. The van der Waals surface area contributed by atoms with Crippen molar-refractivity contribution in [2.75, 3.05) is 0 Å². The Bertz CT molecular complexity index is 292. The fourth-order valence-corrected chi connectivity index (χ4v) is 1.90. The Morgan fingerprint density at radius 3 is 2.23 bits per heavy atom. The molecule has 70 valence electrons. The SMILES string of the molecule is CC(C)Sc1ccc(C(=O)Cl)cc1. The van der Waals surface area contributed by atoms with Gasteiger partial charge in [0.05, 0.1) is 0 Å². The van der Waals surface area contributed by atoms with Crippen LogP contribution in [0.15, 0.2) is 29.2 Å². The van der Waals surface area contributed by atoms with Gasteiger partial charge in [-0.25, -0.2) is 0 Å². The first-order chi connectivity index (χ1) is 6.09.